The number of H-pyrrole nitrogens is 1. The molecule has 10 heteroatoms. The van der Waals surface area contributed by atoms with E-state index in [0.29, 0.717) is 33.5 Å². The van der Waals surface area contributed by atoms with Crippen LogP contribution in [0.25, 0.3) is 39.9 Å². The summed E-state index contributed by atoms with van der Waals surface area (Å²) in [5, 5.41) is 14.8. The zero-order valence-corrected chi connectivity index (χ0v) is 19.6. The van der Waals surface area contributed by atoms with E-state index in [4.69, 9.17) is 32.9 Å². The van der Waals surface area contributed by atoms with Crippen molar-refractivity contribution in [2.24, 2.45) is 0 Å². The fraction of sp³-hybridized carbons (Fsp3) is 0.0833. The topological polar surface area (TPSA) is 81.5 Å². The number of nitrogens with one attached hydrogen (secondary N) is 1. The largest absolute Gasteiger partial charge is 0.496 e. The van der Waals surface area contributed by atoms with Crippen molar-refractivity contribution in [3.63, 3.8) is 0 Å². The van der Waals surface area contributed by atoms with Crippen LogP contribution in [-0.2, 0) is 0 Å². The van der Waals surface area contributed by atoms with Gasteiger partial charge in [-0.3, -0.25) is 4.57 Å². The zero-order chi connectivity index (χ0) is 23.8. The molecule has 0 unspecified atom stereocenters. The Kier molecular flexibility index (Phi) is 5.77. The molecule has 5 aromatic rings. The van der Waals surface area contributed by atoms with Gasteiger partial charge in [0.1, 0.15) is 17.3 Å². The van der Waals surface area contributed by atoms with Gasteiger partial charge in [-0.2, -0.15) is 5.21 Å². The summed E-state index contributed by atoms with van der Waals surface area (Å²) in [5.41, 5.74) is 3.38. The molecule has 3 aromatic carbocycles. The summed E-state index contributed by atoms with van der Waals surface area (Å²) in [4.78, 5) is 4.86. The molecule has 34 heavy (non-hydrogen) atoms. The van der Waals surface area contributed by atoms with Crippen LogP contribution in [0.1, 0.15) is 5.56 Å². The molecule has 0 aliphatic carbocycles. The molecule has 0 saturated carbocycles. The third-order valence-corrected chi connectivity index (χ3v) is 5.83. The fourth-order valence-electron chi connectivity index (χ4n) is 3.83. The molecule has 0 atom stereocenters. The number of halogens is 3. The Morgan fingerprint density at radius 3 is 2.59 bits per heavy atom. The van der Waals surface area contributed by atoms with Gasteiger partial charge in [0.25, 0.3) is 0 Å². The number of ether oxygens (including phenoxy) is 1. The van der Waals surface area contributed by atoms with Crippen molar-refractivity contribution in [1.29, 1.82) is 0 Å². The first-order valence-electron chi connectivity index (χ1n) is 10.2. The minimum absolute atomic E-state index is 0.0217. The molecule has 0 fully saturated rings. The summed E-state index contributed by atoms with van der Waals surface area (Å²) >= 11 is 12.6. The first-order valence-corrected chi connectivity index (χ1v) is 11.0. The van der Waals surface area contributed by atoms with E-state index in [2.05, 4.69) is 20.6 Å². The molecule has 1 N–H and O–H groups in total. The summed E-state index contributed by atoms with van der Waals surface area (Å²) in [6, 6.07) is 17.7. The van der Waals surface area contributed by atoms with Crippen molar-refractivity contribution in [2.45, 2.75) is 6.92 Å². The third kappa shape index (κ3) is 3.81. The average molecular weight is 495 g/mol. The number of rotatable bonds is 5. The van der Waals surface area contributed by atoms with Crippen molar-refractivity contribution >= 4 is 23.2 Å². The van der Waals surface area contributed by atoms with E-state index in [0.717, 1.165) is 11.1 Å². The second-order valence-electron chi connectivity index (χ2n) is 7.49. The van der Waals surface area contributed by atoms with E-state index in [9.17, 15) is 0 Å². The molecule has 0 saturated heterocycles. The highest BCUT2D eigenvalue weighted by molar-refractivity contribution is 6.31. The first-order chi connectivity index (χ1) is 16.5. The van der Waals surface area contributed by atoms with Crippen LogP contribution in [0.5, 0.6) is 5.75 Å². The lowest BCUT2D eigenvalue weighted by Crippen LogP contribution is -2.04. The summed E-state index contributed by atoms with van der Waals surface area (Å²) < 4.78 is 22.8. The molecule has 0 bridgehead atoms. The molecule has 0 aliphatic heterocycles. The summed E-state index contributed by atoms with van der Waals surface area (Å²) in [6.07, 6.45) is 0. The summed E-state index contributed by atoms with van der Waals surface area (Å²) in [5.74, 6) is 0.597. The van der Waals surface area contributed by atoms with Gasteiger partial charge in [-0.05, 0) is 48.5 Å². The average Bonchev–Trinajstić information content (AvgIpc) is 3.49. The van der Waals surface area contributed by atoms with Crippen LogP contribution in [0.3, 0.4) is 0 Å². The highest BCUT2D eigenvalue weighted by Crippen LogP contribution is 2.42. The van der Waals surface area contributed by atoms with Gasteiger partial charge < -0.3 is 4.74 Å². The molecule has 0 amide bonds. The standard InChI is InChI=1S/C24H17Cl2FN6O/c1-13-5-3-6-14(11-13)24-28-21(23-29-31-32-30-23)22(16-12-15(25)9-10-19(16)34-2)33(24)18-8-4-7-17(26)20(18)27/h3-12H,1-2H3,(H,29,30,31,32). The molecule has 170 valence electrons. The van der Waals surface area contributed by atoms with E-state index in [1.54, 1.807) is 42.0 Å². The number of imidazole rings is 1. The highest BCUT2D eigenvalue weighted by Gasteiger charge is 2.28. The Morgan fingerprint density at radius 2 is 1.85 bits per heavy atom. The molecule has 0 radical (unpaired) electrons. The van der Waals surface area contributed by atoms with Gasteiger partial charge in [-0.25, -0.2) is 9.37 Å². The van der Waals surface area contributed by atoms with E-state index in [1.165, 1.54) is 6.07 Å². The zero-order valence-electron chi connectivity index (χ0n) is 18.1. The number of methoxy groups -OCH3 is 1. The molecule has 5 rings (SSSR count). The van der Waals surface area contributed by atoms with Gasteiger partial charge in [0.15, 0.2) is 5.82 Å². The highest BCUT2D eigenvalue weighted by atomic mass is 35.5. The normalized spacial score (nSPS) is 11.1. The number of aryl methyl sites for hydroxylation is 1. The Hall–Kier alpha value is -3.75. The monoisotopic (exact) mass is 494 g/mol. The first kappa shape index (κ1) is 22.1. The Labute approximate surface area is 204 Å². The maximum Gasteiger partial charge on any atom is 0.225 e. The predicted molar refractivity (Wildman–Crippen MR) is 129 cm³/mol. The molecule has 0 aliphatic rings. The Morgan fingerprint density at radius 1 is 1.03 bits per heavy atom. The number of nitrogens with zero attached hydrogens (tertiary/aromatic N) is 5. The maximum atomic E-state index is 15.5. The number of tetrazole rings is 1. The van der Waals surface area contributed by atoms with Crippen molar-refractivity contribution in [3.05, 3.63) is 82.1 Å². The van der Waals surface area contributed by atoms with Crippen LogP contribution >= 0.6 is 23.2 Å². The van der Waals surface area contributed by atoms with Crippen LogP contribution in [0, 0.1) is 12.7 Å². The molecular formula is C24H17Cl2FN6O. The SMILES string of the molecule is COc1ccc(Cl)cc1-c1c(-c2nn[nH]n2)nc(-c2cccc(C)c2)n1-c1cccc(Cl)c1F. The minimum Gasteiger partial charge on any atom is -0.496 e. The van der Waals surface area contributed by atoms with Gasteiger partial charge >= 0.3 is 0 Å². The van der Waals surface area contributed by atoms with Crippen molar-refractivity contribution < 1.29 is 9.13 Å². The van der Waals surface area contributed by atoms with Crippen molar-refractivity contribution in [1.82, 2.24) is 30.2 Å². The molecular weight excluding hydrogens is 478 g/mol. The third-order valence-electron chi connectivity index (χ3n) is 5.30. The lowest BCUT2D eigenvalue weighted by Gasteiger charge is -2.16. The van der Waals surface area contributed by atoms with Crippen LogP contribution in [-0.4, -0.2) is 37.3 Å². The minimum atomic E-state index is -0.600. The number of hydrogen-bond donors (Lipinski definition) is 1. The Bertz CT molecular complexity index is 1500. The smallest absolute Gasteiger partial charge is 0.225 e. The van der Waals surface area contributed by atoms with E-state index in [-0.39, 0.29) is 16.5 Å². The lowest BCUT2D eigenvalue weighted by molar-refractivity contribution is 0.416. The van der Waals surface area contributed by atoms with Gasteiger partial charge in [-0.1, -0.05) is 53.0 Å². The molecule has 2 aromatic heterocycles. The van der Waals surface area contributed by atoms with E-state index in [1.807, 2.05) is 31.2 Å². The van der Waals surface area contributed by atoms with Crippen molar-refractivity contribution in [2.75, 3.05) is 7.11 Å². The number of aromatic amines is 1. The molecule has 2 heterocycles. The second kappa shape index (κ2) is 8.89. The molecule has 7 nitrogen and oxygen atoms in total. The van der Waals surface area contributed by atoms with Gasteiger partial charge in [0.2, 0.25) is 5.82 Å². The van der Waals surface area contributed by atoms with Gasteiger partial charge in [-0.15, -0.1) is 10.2 Å². The number of benzene rings is 3. The van der Waals surface area contributed by atoms with E-state index >= 15 is 4.39 Å². The van der Waals surface area contributed by atoms with Crippen LogP contribution in [0.2, 0.25) is 10.0 Å². The summed E-state index contributed by atoms with van der Waals surface area (Å²) in [6.45, 7) is 1.97. The second-order valence-corrected chi connectivity index (χ2v) is 8.33. The Balaban J connectivity index is 1.97. The van der Waals surface area contributed by atoms with Crippen LogP contribution in [0.4, 0.5) is 4.39 Å². The van der Waals surface area contributed by atoms with Crippen molar-refractivity contribution in [3.8, 4) is 45.6 Å². The van der Waals surface area contributed by atoms with Crippen LogP contribution in [0.15, 0.2) is 60.7 Å². The predicted octanol–water partition coefficient (Wildman–Crippen LogP) is 6.15. The number of hydrogen-bond acceptors (Lipinski definition) is 5. The lowest BCUT2D eigenvalue weighted by atomic mass is 10.1. The fourth-order valence-corrected chi connectivity index (χ4v) is 4.17. The maximum absolute atomic E-state index is 15.5. The quantitative estimate of drug-likeness (QED) is 0.316. The van der Waals surface area contributed by atoms with Gasteiger partial charge in [0, 0.05) is 16.1 Å². The van der Waals surface area contributed by atoms with Crippen LogP contribution < -0.4 is 4.74 Å². The number of aromatic nitrogens is 6. The van der Waals surface area contributed by atoms with E-state index < -0.39 is 5.82 Å². The molecule has 0 spiro atoms. The van der Waals surface area contributed by atoms with Gasteiger partial charge in [0.05, 0.1) is 23.5 Å². The summed E-state index contributed by atoms with van der Waals surface area (Å²) in [7, 11) is 1.54.